The standard InChI is InChI=1S/C11H18N2O3S/c1-8(2)12-5-10-11(16-7-13-10)9-3-4-17(14,15)6-9/h7-9,12H,3-6H2,1-2H3. The highest BCUT2D eigenvalue weighted by atomic mass is 32.2. The largest absolute Gasteiger partial charge is 0.448 e. The summed E-state index contributed by atoms with van der Waals surface area (Å²) >= 11 is 0. The molecule has 0 aliphatic carbocycles. The number of oxazole rings is 1. The van der Waals surface area contributed by atoms with Crippen molar-refractivity contribution in [3.8, 4) is 0 Å². The Labute approximate surface area is 102 Å². The summed E-state index contributed by atoms with van der Waals surface area (Å²) in [4.78, 5) is 4.16. The molecule has 1 aliphatic rings. The van der Waals surface area contributed by atoms with Gasteiger partial charge in [0, 0.05) is 18.5 Å². The molecular formula is C11H18N2O3S. The van der Waals surface area contributed by atoms with Crippen molar-refractivity contribution in [3.05, 3.63) is 17.8 Å². The van der Waals surface area contributed by atoms with Crippen LogP contribution in [0.1, 0.15) is 37.6 Å². The fourth-order valence-corrected chi connectivity index (χ4v) is 3.79. The Hall–Kier alpha value is -0.880. The Kier molecular flexibility index (Phi) is 3.53. The number of hydrogen-bond acceptors (Lipinski definition) is 5. The second-order valence-electron chi connectivity index (χ2n) is 4.80. The fraction of sp³-hybridized carbons (Fsp3) is 0.727. The summed E-state index contributed by atoms with van der Waals surface area (Å²) in [5.74, 6) is 1.16. The summed E-state index contributed by atoms with van der Waals surface area (Å²) < 4.78 is 28.2. The van der Waals surface area contributed by atoms with Gasteiger partial charge in [0.1, 0.15) is 5.76 Å². The zero-order valence-electron chi connectivity index (χ0n) is 10.1. The van der Waals surface area contributed by atoms with Gasteiger partial charge in [0.15, 0.2) is 16.2 Å². The van der Waals surface area contributed by atoms with Gasteiger partial charge >= 0.3 is 0 Å². The molecular weight excluding hydrogens is 240 g/mol. The van der Waals surface area contributed by atoms with Gasteiger partial charge in [-0.25, -0.2) is 13.4 Å². The molecule has 1 atom stereocenters. The number of nitrogens with zero attached hydrogens (tertiary/aromatic N) is 1. The quantitative estimate of drug-likeness (QED) is 0.874. The van der Waals surface area contributed by atoms with E-state index in [1.165, 1.54) is 6.39 Å². The lowest BCUT2D eigenvalue weighted by molar-refractivity contribution is 0.465. The number of aromatic nitrogens is 1. The molecule has 0 bridgehead atoms. The third-order valence-corrected chi connectivity index (χ3v) is 4.72. The summed E-state index contributed by atoms with van der Waals surface area (Å²) in [6.07, 6.45) is 2.05. The van der Waals surface area contributed by atoms with E-state index in [-0.39, 0.29) is 17.4 Å². The van der Waals surface area contributed by atoms with Crippen molar-refractivity contribution in [1.29, 1.82) is 0 Å². The molecule has 1 aromatic rings. The van der Waals surface area contributed by atoms with Gasteiger partial charge < -0.3 is 9.73 Å². The predicted molar refractivity (Wildman–Crippen MR) is 64.5 cm³/mol. The maximum atomic E-state index is 11.4. The first-order valence-electron chi connectivity index (χ1n) is 5.84. The Morgan fingerprint density at radius 2 is 2.35 bits per heavy atom. The van der Waals surface area contributed by atoms with Gasteiger partial charge in [-0.3, -0.25) is 0 Å². The van der Waals surface area contributed by atoms with Crippen LogP contribution in [0.25, 0.3) is 0 Å². The second kappa shape index (κ2) is 4.78. The Balaban J connectivity index is 2.09. The van der Waals surface area contributed by atoms with Crippen LogP contribution in [0.2, 0.25) is 0 Å². The molecule has 1 aliphatic heterocycles. The minimum Gasteiger partial charge on any atom is -0.448 e. The van der Waals surface area contributed by atoms with Crippen LogP contribution in [0.5, 0.6) is 0 Å². The van der Waals surface area contributed by atoms with Crippen LogP contribution in [0, 0.1) is 0 Å². The molecule has 5 nitrogen and oxygen atoms in total. The minimum absolute atomic E-state index is 0.0218. The predicted octanol–water partition coefficient (Wildman–Crippen LogP) is 1.07. The normalized spacial score (nSPS) is 23.4. The topological polar surface area (TPSA) is 72.2 Å². The highest BCUT2D eigenvalue weighted by Crippen LogP contribution is 2.30. The molecule has 0 saturated carbocycles. The first-order chi connectivity index (χ1) is 7.98. The van der Waals surface area contributed by atoms with E-state index in [1.54, 1.807) is 0 Å². The summed E-state index contributed by atoms with van der Waals surface area (Å²) in [7, 11) is -2.88. The average Bonchev–Trinajstić information content (AvgIpc) is 2.80. The SMILES string of the molecule is CC(C)NCc1ncoc1C1CCS(=O)(=O)C1. The van der Waals surface area contributed by atoms with Crippen molar-refractivity contribution in [2.45, 2.75) is 38.8 Å². The molecule has 17 heavy (non-hydrogen) atoms. The molecule has 0 aromatic carbocycles. The second-order valence-corrected chi connectivity index (χ2v) is 7.03. The smallest absolute Gasteiger partial charge is 0.181 e. The lowest BCUT2D eigenvalue weighted by atomic mass is 10.0. The van der Waals surface area contributed by atoms with Crippen LogP contribution in [-0.4, -0.2) is 30.9 Å². The first-order valence-corrected chi connectivity index (χ1v) is 7.66. The van der Waals surface area contributed by atoms with Crippen LogP contribution in [0.4, 0.5) is 0 Å². The van der Waals surface area contributed by atoms with E-state index >= 15 is 0 Å². The first kappa shape index (κ1) is 12.6. The maximum absolute atomic E-state index is 11.4. The number of rotatable bonds is 4. The molecule has 6 heteroatoms. The Morgan fingerprint density at radius 3 is 2.94 bits per heavy atom. The van der Waals surface area contributed by atoms with Crippen LogP contribution in [0.3, 0.4) is 0 Å². The van der Waals surface area contributed by atoms with Gasteiger partial charge in [0.25, 0.3) is 0 Å². The maximum Gasteiger partial charge on any atom is 0.181 e. The van der Waals surface area contributed by atoms with Crippen molar-refractivity contribution in [1.82, 2.24) is 10.3 Å². The van der Waals surface area contributed by atoms with E-state index < -0.39 is 9.84 Å². The summed E-state index contributed by atoms with van der Waals surface area (Å²) in [5.41, 5.74) is 0.834. The van der Waals surface area contributed by atoms with Crippen molar-refractivity contribution in [2.75, 3.05) is 11.5 Å². The van der Waals surface area contributed by atoms with Crippen molar-refractivity contribution >= 4 is 9.84 Å². The van der Waals surface area contributed by atoms with E-state index in [4.69, 9.17) is 4.42 Å². The molecule has 0 amide bonds. The lowest BCUT2D eigenvalue weighted by Gasteiger charge is -2.09. The molecule has 1 N–H and O–H groups in total. The van der Waals surface area contributed by atoms with Gasteiger partial charge in [-0.2, -0.15) is 0 Å². The number of nitrogens with one attached hydrogen (secondary N) is 1. The number of hydrogen-bond donors (Lipinski definition) is 1. The highest BCUT2D eigenvalue weighted by Gasteiger charge is 2.32. The Morgan fingerprint density at radius 1 is 1.59 bits per heavy atom. The van der Waals surface area contributed by atoms with Gasteiger partial charge in [-0.1, -0.05) is 13.8 Å². The Bertz CT molecular complexity index is 479. The zero-order valence-corrected chi connectivity index (χ0v) is 11.0. The van der Waals surface area contributed by atoms with Crippen LogP contribution in [-0.2, 0) is 16.4 Å². The monoisotopic (exact) mass is 258 g/mol. The van der Waals surface area contributed by atoms with Gasteiger partial charge in [0.2, 0.25) is 0 Å². The van der Waals surface area contributed by atoms with Gasteiger partial charge in [-0.05, 0) is 6.42 Å². The molecule has 1 unspecified atom stereocenters. The highest BCUT2D eigenvalue weighted by molar-refractivity contribution is 7.91. The molecule has 96 valence electrons. The molecule has 0 radical (unpaired) electrons. The fourth-order valence-electron chi connectivity index (χ4n) is 2.05. The molecule has 2 rings (SSSR count). The van der Waals surface area contributed by atoms with Crippen molar-refractivity contribution < 1.29 is 12.8 Å². The molecule has 1 aromatic heterocycles. The molecule has 1 saturated heterocycles. The van der Waals surface area contributed by atoms with Crippen LogP contribution < -0.4 is 5.32 Å². The van der Waals surface area contributed by atoms with Gasteiger partial charge in [0.05, 0.1) is 17.2 Å². The molecule has 0 spiro atoms. The summed E-state index contributed by atoms with van der Waals surface area (Å²) in [6.45, 7) is 4.74. The third-order valence-electron chi connectivity index (χ3n) is 2.95. The molecule has 1 fully saturated rings. The van der Waals surface area contributed by atoms with E-state index in [0.717, 1.165) is 11.5 Å². The zero-order chi connectivity index (χ0) is 12.5. The van der Waals surface area contributed by atoms with Gasteiger partial charge in [-0.15, -0.1) is 0 Å². The van der Waals surface area contributed by atoms with Crippen LogP contribution >= 0.6 is 0 Å². The lowest BCUT2D eigenvalue weighted by Crippen LogP contribution is -2.23. The third kappa shape index (κ3) is 3.07. The number of sulfone groups is 1. The van der Waals surface area contributed by atoms with Crippen LogP contribution in [0.15, 0.2) is 10.8 Å². The van der Waals surface area contributed by atoms with Crippen molar-refractivity contribution in [2.24, 2.45) is 0 Å². The average molecular weight is 258 g/mol. The van der Waals surface area contributed by atoms with E-state index in [1.807, 2.05) is 0 Å². The minimum atomic E-state index is -2.88. The summed E-state index contributed by atoms with van der Waals surface area (Å²) in [6, 6.07) is 0.367. The van der Waals surface area contributed by atoms with E-state index in [0.29, 0.717) is 19.0 Å². The van der Waals surface area contributed by atoms with E-state index in [9.17, 15) is 8.42 Å². The van der Waals surface area contributed by atoms with E-state index in [2.05, 4.69) is 24.1 Å². The molecule has 2 heterocycles. The summed E-state index contributed by atoms with van der Waals surface area (Å²) in [5, 5.41) is 3.26. The van der Waals surface area contributed by atoms with Crippen molar-refractivity contribution in [3.63, 3.8) is 0 Å².